The molecule has 4 aromatic rings. The fraction of sp³-hybridized carbons (Fsp3) is 0.220. The van der Waals surface area contributed by atoms with Crippen LogP contribution in [0.3, 0.4) is 0 Å². The second-order valence-corrected chi connectivity index (χ2v) is 13.7. The van der Waals surface area contributed by atoms with Crippen molar-refractivity contribution in [3.8, 4) is 5.75 Å². The van der Waals surface area contributed by atoms with Crippen molar-refractivity contribution in [2.45, 2.75) is 30.6 Å². The summed E-state index contributed by atoms with van der Waals surface area (Å²) in [4.78, 5) is 61.1. The van der Waals surface area contributed by atoms with Crippen LogP contribution in [0.2, 0.25) is 5.02 Å². The molecule has 1 saturated carbocycles. The Morgan fingerprint density at radius 2 is 1.49 bits per heavy atom. The molecule has 2 saturated heterocycles. The topological polar surface area (TPSA) is 95.0 Å². The monoisotopic (exact) mass is 668 g/mol. The van der Waals surface area contributed by atoms with Gasteiger partial charge in [-0.25, -0.2) is 4.90 Å². The van der Waals surface area contributed by atoms with Crippen molar-refractivity contribution in [3.63, 3.8) is 0 Å². The number of phenolic OH excluding ortho intramolecular Hbond substituents is 1. The van der Waals surface area contributed by atoms with E-state index < -0.39 is 46.8 Å². The molecule has 0 spiro atoms. The van der Waals surface area contributed by atoms with Crippen LogP contribution < -0.4 is 9.80 Å². The van der Waals surface area contributed by atoms with Crippen LogP contribution in [0.1, 0.15) is 35.4 Å². The number of anilines is 2. The minimum Gasteiger partial charge on any atom is -0.507 e. The summed E-state index contributed by atoms with van der Waals surface area (Å²) in [6, 6.07) is 30.3. The number of rotatable bonds is 6. The summed E-state index contributed by atoms with van der Waals surface area (Å²) in [5, 5.41) is 12.3. The number of amides is 4. The zero-order chi connectivity index (χ0) is 34.0. The highest BCUT2D eigenvalue weighted by Crippen LogP contribution is 2.65. The fourth-order valence-electron chi connectivity index (χ4n) is 9.08. The van der Waals surface area contributed by atoms with E-state index in [2.05, 4.69) is 6.58 Å². The predicted molar refractivity (Wildman–Crippen MR) is 187 cm³/mol. The van der Waals surface area contributed by atoms with Crippen molar-refractivity contribution in [1.82, 2.24) is 0 Å². The minimum atomic E-state index is -1.47. The summed E-state index contributed by atoms with van der Waals surface area (Å²) in [5.74, 6) is -4.98. The molecule has 7 nitrogen and oxygen atoms in total. The van der Waals surface area contributed by atoms with Crippen LogP contribution in [0.15, 0.2) is 127 Å². The molecule has 4 aromatic carbocycles. The first kappa shape index (κ1) is 31.0. The smallest absolute Gasteiger partial charge is 0.246 e. The Labute approximate surface area is 289 Å². The van der Waals surface area contributed by atoms with Crippen molar-refractivity contribution in [3.05, 3.63) is 149 Å². The molecule has 1 N–H and O–H groups in total. The highest BCUT2D eigenvalue weighted by Gasteiger charge is 2.70. The molecule has 2 aliphatic heterocycles. The van der Waals surface area contributed by atoms with Gasteiger partial charge in [-0.1, -0.05) is 102 Å². The van der Waals surface area contributed by atoms with Crippen molar-refractivity contribution in [2.24, 2.45) is 23.7 Å². The fourth-order valence-corrected chi connectivity index (χ4v) is 9.27. The van der Waals surface area contributed by atoms with Gasteiger partial charge in [0.1, 0.15) is 5.75 Å². The summed E-state index contributed by atoms with van der Waals surface area (Å²) in [5.41, 5.74) is 1.95. The molecule has 0 unspecified atom stereocenters. The lowest BCUT2D eigenvalue weighted by atomic mass is 9.49. The van der Waals surface area contributed by atoms with E-state index in [-0.39, 0.29) is 24.0 Å². The van der Waals surface area contributed by atoms with E-state index in [0.29, 0.717) is 45.9 Å². The maximum atomic E-state index is 15.4. The first-order valence-electron chi connectivity index (χ1n) is 16.5. The second kappa shape index (κ2) is 11.7. The standard InChI is InChI=1S/C41H33ClN2O5/c1-2-11-24-12-9-19-31(36(24)45)35-29-20-21-30-34(39(48)43(37(30)46)27-16-7-4-8-17-27)32(29)23-33-38(47)44(28-18-10-15-26(42)22-28)40(49)41(33,35)25-13-5-3-6-14-25/h2-10,12-20,22,30,32-35,45H,1,11,21,23H2/t30-,32+,33-,34-,35+,41+/m0/s1. The number of benzene rings is 4. The number of fused-ring (bicyclic) bond motifs is 4. The summed E-state index contributed by atoms with van der Waals surface area (Å²) < 4.78 is 0. The zero-order valence-corrected chi connectivity index (χ0v) is 27.3. The molecule has 2 heterocycles. The quantitative estimate of drug-likeness (QED) is 0.174. The van der Waals surface area contributed by atoms with Crippen LogP contribution >= 0.6 is 11.6 Å². The van der Waals surface area contributed by atoms with Gasteiger partial charge in [-0.2, -0.15) is 0 Å². The molecule has 6 atom stereocenters. The van der Waals surface area contributed by atoms with E-state index in [4.69, 9.17) is 11.6 Å². The van der Waals surface area contributed by atoms with Gasteiger partial charge in [0, 0.05) is 16.5 Å². The van der Waals surface area contributed by atoms with Gasteiger partial charge in [0.05, 0.1) is 34.5 Å². The van der Waals surface area contributed by atoms with Crippen LogP contribution in [0.5, 0.6) is 5.75 Å². The third-order valence-electron chi connectivity index (χ3n) is 11.0. The Morgan fingerprint density at radius 3 is 2.20 bits per heavy atom. The Kier molecular flexibility index (Phi) is 7.41. The zero-order valence-electron chi connectivity index (χ0n) is 26.5. The van der Waals surface area contributed by atoms with E-state index in [9.17, 15) is 19.5 Å². The third-order valence-corrected chi connectivity index (χ3v) is 11.2. The van der Waals surface area contributed by atoms with Gasteiger partial charge >= 0.3 is 0 Å². The number of para-hydroxylation sites is 2. The Morgan fingerprint density at radius 1 is 0.796 bits per heavy atom. The predicted octanol–water partition coefficient (Wildman–Crippen LogP) is 7.14. The molecule has 2 aliphatic carbocycles. The third kappa shape index (κ3) is 4.41. The van der Waals surface area contributed by atoms with Gasteiger partial charge in [-0.15, -0.1) is 6.58 Å². The van der Waals surface area contributed by atoms with E-state index in [0.717, 1.165) is 5.57 Å². The largest absolute Gasteiger partial charge is 0.507 e. The number of hydrogen-bond donors (Lipinski definition) is 1. The minimum absolute atomic E-state index is 0.0197. The van der Waals surface area contributed by atoms with Gasteiger partial charge in [0.15, 0.2) is 0 Å². The SMILES string of the molecule is C=CCc1cccc([C@H]2C3=CC[C@@H]4C(=O)N(c5ccccc5)C(=O)[C@@H]4[C@@H]3C[C@H]3C(=O)N(c4cccc(Cl)c4)C(=O)[C@@]23c2ccccc2)c1O. The molecule has 0 radical (unpaired) electrons. The average molecular weight is 669 g/mol. The number of allylic oxidation sites excluding steroid dienone is 3. The van der Waals surface area contributed by atoms with Gasteiger partial charge < -0.3 is 5.11 Å². The number of nitrogens with zero attached hydrogens (tertiary/aromatic N) is 2. The normalized spacial score (nSPS) is 27.4. The first-order valence-corrected chi connectivity index (χ1v) is 16.9. The summed E-state index contributed by atoms with van der Waals surface area (Å²) in [6.45, 7) is 3.86. The number of carbonyl (C=O) groups is 4. The van der Waals surface area contributed by atoms with Crippen molar-refractivity contribution in [2.75, 3.05) is 9.80 Å². The first-order chi connectivity index (χ1) is 23.8. The summed E-state index contributed by atoms with van der Waals surface area (Å²) in [7, 11) is 0. The lowest BCUT2D eigenvalue weighted by Crippen LogP contribution is -2.53. The number of carbonyl (C=O) groups excluding carboxylic acids is 4. The maximum Gasteiger partial charge on any atom is 0.246 e. The highest BCUT2D eigenvalue weighted by atomic mass is 35.5. The molecule has 3 fully saturated rings. The number of imide groups is 2. The van der Waals surface area contributed by atoms with Crippen LogP contribution in [-0.2, 0) is 31.0 Å². The number of aromatic hydroxyl groups is 1. The molecule has 8 rings (SSSR count). The Bertz CT molecular complexity index is 2080. The van der Waals surface area contributed by atoms with Gasteiger partial charge in [0.25, 0.3) is 0 Å². The van der Waals surface area contributed by atoms with Gasteiger partial charge in [0.2, 0.25) is 23.6 Å². The van der Waals surface area contributed by atoms with Crippen molar-refractivity contribution in [1.29, 1.82) is 0 Å². The van der Waals surface area contributed by atoms with E-state index >= 15 is 4.79 Å². The molecular formula is C41H33ClN2O5. The molecule has 244 valence electrons. The van der Waals surface area contributed by atoms with Gasteiger partial charge in [-0.3, -0.25) is 24.1 Å². The Balaban J connectivity index is 1.38. The van der Waals surface area contributed by atoms with Crippen LogP contribution in [-0.4, -0.2) is 28.7 Å². The van der Waals surface area contributed by atoms with Crippen LogP contribution in [0.25, 0.3) is 0 Å². The van der Waals surface area contributed by atoms with Gasteiger partial charge in [-0.05, 0) is 66.6 Å². The molecule has 4 aliphatic rings. The van der Waals surface area contributed by atoms with E-state index in [1.807, 2.05) is 54.6 Å². The lowest BCUT2D eigenvalue weighted by molar-refractivity contribution is -0.127. The number of phenols is 1. The molecule has 0 aromatic heterocycles. The van der Waals surface area contributed by atoms with E-state index in [1.165, 1.54) is 9.80 Å². The molecule has 49 heavy (non-hydrogen) atoms. The van der Waals surface area contributed by atoms with Crippen molar-refractivity contribution >= 4 is 46.6 Å². The molecular weight excluding hydrogens is 636 g/mol. The Hall–Kier alpha value is -5.27. The molecule has 8 heteroatoms. The lowest BCUT2D eigenvalue weighted by Gasteiger charge is -2.50. The number of hydrogen-bond acceptors (Lipinski definition) is 5. The van der Waals surface area contributed by atoms with E-state index in [1.54, 1.807) is 60.7 Å². The average Bonchev–Trinajstić information content (AvgIpc) is 3.51. The highest BCUT2D eigenvalue weighted by molar-refractivity contribution is 6.32. The summed E-state index contributed by atoms with van der Waals surface area (Å²) >= 11 is 6.40. The van der Waals surface area contributed by atoms with Crippen LogP contribution in [0.4, 0.5) is 11.4 Å². The number of halogens is 1. The van der Waals surface area contributed by atoms with Crippen LogP contribution in [0, 0.1) is 23.7 Å². The second-order valence-electron chi connectivity index (χ2n) is 13.3. The molecule has 4 amide bonds. The summed E-state index contributed by atoms with van der Waals surface area (Å²) in [6.07, 6.45) is 4.56. The maximum absolute atomic E-state index is 15.4. The van der Waals surface area contributed by atoms with Crippen molar-refractivity contribution < 1.29 is 24.3 Å². The molecule has 0 bridgehead atoms.